The minimum absolute atomic E-state index is 0.0173. The normalized spacial score (nSPS) is 11.7. The number of anilines is 1. The highest BCUT2D eigenvalue weighted by Gasteiger charge is 2.42. The van der Waals surface area contributed by atoms with Crippen LogP contribution in [0.3, 0.4) is 0 Å². The predicted octanol–water partition coefficient (Wildman–Crippen LogP) is 9.72. The first-order valence-electron chi connectivity index (χ1n) is 20.8. The summed E-state index contributed by atoms with van der Waals surface area (Å²) < 4.78 is 8.71. The number of aromatic nitrogens is 7. The zero-order valence-corrected chi connectivity index (χ0v) is 34.2. The maximum Gasteiger partial charge on any atom is 0.185 e. The quantitative estimate of drug-likeness (QED) is 0.104. The number of nitrogens with one attached hydrogen (secondary N) is 1. The summed E-state index contributed by atoms with van der Waals surface area (Å²) in [5, 5.41) is 33.7. The number of benzene rings is 7. The van der Waals surface area contributed by atoms with E-state index in [-0.39, 0.29) is 13.2 Å². The van der Waals surface area contributed by atoms with Crippen molar-refractivity contribution in [3.63, 3.8) is 0 Å². The molecule has 0 atom stereocenters. The van der Waals surface area contributed by atoms with Gasteiger partial charge >= 0.3 is 0 Å². The molecule has 63 heavy (non-hydrogen) atoms. The van der Waals surface area contributed by atoms with Crippen molar-refractivity contribution in [2.24, 2.45) is 0 Å². The van der Waals surface area contributed by atoms with Crippen LogP contribution in [0.2, 0.25) is 0 Å². The van der Waals surface area contributed by atoms with Gasteiger partial charge in [-0.25, -0.2) is 9.67 Å². The van der Waals surface area contributed by atoms with Crippen molar-refractivity contribution in [1.82, 2.24) is 35.0 Å². The summed E-state index contributed by atoms with van der Waals surface area (Å²) in [6, 6.07) is 73.6. The molecule has 0 bridgehead atoms. The van der Waals surface area contributed by atoms with Crippen LogP contribution in [0.1, 0.15) is 44.8 Å². The van der Waals surface area contributed by atoms with Crippen molar-refractivity contribution in [2.75, 3.05) is 5.32 Å². The van der Waals surface area contributed by atoms with Gasteiger partial charge in [0.2, 0.25) is 0 Å². The van der Waals surface area contributed by atoms with E-state index in [4.69, 9.17) is 25.1 Å². The fourth-order valence-corrected chi connectivity index (χ4v) is 8.58. The summed E-state index contributed by atoms with van der Waals surface area (Å²) in [4.78, 5) is 7.02. The molecule has 0 saturated carbocycles. The number of aliphatic hydroxyl groups is 1. The molecule has 3 heterocycles. The highest BCUT2D eigenvalue weighted by molar-refractivity contribution is 5.82. The predicted molar refractivity (Wildman–Crippen MR) is 244 cm³/mol. The van der Waals surface area contributed by atoms with Crippen molar-refractivity contribution in [1.29, 1.82) is 0 Å². The van der Waals surface area contributed by atoms with Crippen molar-refractivity contribution in [2.45, 2.75) is 24.3 Å². The molecular formula is C53H42N8O2. The second kappa shape index (κ2) is 17.0. The summed E-state index contributed by atoms with van der Waals surface area (Å²) in [5.74, 6) is 0.925. The molecule has 0 aliphatic carbocycles. The smallest absolute Gasteiger partial charge is 0.185 e. The monoisotopic (exact) mass is 822 g/mol. The van der Waals surface area contributed by atoms with Gasteiger partial charge in [-0.05, 0) is 45.5 Å². The lowest BCUT2D eigenvalue weighted by molar-refractivity contribution is 0.265. The summed E-state index contributed by atoms with van der Waals surface area (Å²) in [7, 11) is 0. The number of pyridine rings is 1. The van der Waals surface area contributed by atoms with E-state index in [1.807, 2.05) is 114 Å². The van der Waals surface area contributed by atoms with Gasteiger partial charge in [-0.3, -0.25) is 0 Å². The number of ether oxygens (including phenoxy) is 1. The molecular weight excluding hydrogens is 781 g/mol. The number of fused-ring (bicyclic) bond motifs is 1. The van der Waals surface area contributed by atoms with Crippen LogP contribution in [0.15, 0.2) is 218 Å². The van der Waals surface area contributed by atoms with E-state index in [0.717, 1.165) is 39.1 Å². The third-order valence-electron chi connectivity index (χ3n) is 11.5. The Morgan fingerprint density at radius 1 is 0.508 bits per heavy atom. The van der Waals surface area contributed by atoms with Crippen LogP contribution in [0.4, 0.5) is 5.82 Å². The van der Waals surface area contributed by atoms with Gasteiger partial charge in [0.1, 0.15) is 34.9 Å². The molecule has 10 aromatic rings. The Kier molecular flexibility index (Phi) is 10.5. The highest BCUT2D eigenvalue weighted by atomic mass is 16.5. The van der Waals surface area contributed by atoms with Crippen molar-refractivity contribution in [3.05, 3.63) is 263 Å². The molecule has 0 amide bonds. The van der Waals surface area contributed by atoms with Crippen LogP contribution >= 0.6 is 0 Å². The van der Waals surface area contributed by atoms with E-state index in [1.165, 1.54) is 4.80 Å². The second-order valence-electron chi connectivity index (χ2n) is 15.1. The molecule has 10 nitrogen and oxygen atoms in total. The standard InChI is InChI=1S/C53H42N8O2/c62-37-46-47(58-61(57-46)45-34-20-7-21-35-45)38-63-48-36-49(55-52(39-22-8-1-9-23-39,40-24-10-2-11-25-40)41-26-12-3-13-27-41)54-51-50(48)56-59-60(51)53(42-28-14-4-15-29-42,43-30-16-5-17-31-43)44-32-18-6-19-33-44/h1-36,62H,37-38H2,(H,54,55). The molecule has 0 spiro atoms. The molecule has 3 aromatic heterocycles. The van der Waals surface area contributed by atoms with E-state index in [2.05, 4.69) is 120 Å². The van der Waals surface area contributed by atoms with Gasteiger partial charge in [0.15, 0.2) is 16.9 Å². The molecule has 0 aliphatic rings. The first-order valence-corrected chi connectivity index (χ1v) is 20.8. The lowest BCUT2D eigenvalue weighted by Gasteiger charge is -2.38. The molecule has 306 valence electrons. The number of hydrogen-bond acceptors (Lipinski definition) is 8. The molecule has 0 radical (unpaired) electrons. The maximum atomic E-state index is 10.4. The van der Waals surface area contributed by atoms with Crippen LogP contribution in [-0.2, 0) is 24.3 Å². The zero-order chi connectivity index (χ0) is 42.5. The van der Waals surface area contributed by atoms with Crippen molar-refractivity contribution >= 4 is 17.0 Å². The Labute approximate surface area is 364 Å². The Bertz CT molecular complexity index is 2860. The van der Waals surface area contributed by atoms with E-state index < -0.39 is 11.1 Å². The lowest BCUT2D eigenvalue weighted by Crippen LogP contribution is -2.39. The first-order chi connectivity index (χ1) is 31.2. The van der Waals surface area contributed by atoms with E-state index in [1.54, 1.807) is 0 Å². The van der Waals surface area contributed by atoms with Crippen molar-refractivity contribution < 1.29 is 9.84 Å². The molecule has 0 saturated heterocycles. The van der Waals surface area contributed by atoms with Gasteiger partial charge in [0.25, 0.3) is 0 Å². The zero-order valence-electron chi connectivity index (χ0n) is 34.2. The molecule has 2 N–H and O–H groups in total. The molecule has 0 aliphatic heterocycles. The minimum atomic E-state index is -1.03. The van der Waals surface area contributed by atoms with Crippen LogP contribution in [0.25, 0.3) is 16.9 Å². The largest absolute Gasteiger partial charge is 0.485 e. The van der Waals surface area contributed by atoms with E-state index in [0.29, 0.717) is 34.1 Å². The van der Waals surface area contributed by atoms with Gasteiger partial charge in [-0.15, -0.1) is 10.2 Å². The SMILES string of the molecule is OCc1nn(-c2ccccc2)nc1COc1cc(NC(c2ccccc2)(c2ccccc2)c2ccccc2)nc2c1nnn2C(c1ccccc1)(c1ccccc1)c1ccccc1. The number of hydrogen-bond donors (Lipinski definition) is 2. The number of aliphatic hydroxyl groups excluding tert-OH is 1. The van der Waals surface area contributed by atoms with Crippen LogP contribution in [-0.4, -0.2) is 40.1 Å². The Morgan fingerprint density at radius 2 is 0.921 bits per heavy atom. The summed E-state index contributed by atoms with van der Waals surface area (Å²) in [6.45, 7) is -0.335. The number of nitrogens with zero attached hydrogens (tertiary/aromatic N) is 7. The third kappa shape index (κ3) is 7.08. The summed E-state index contributed by atoms with van der Waals surface area (Å²) >= 11 is 0. The van der Waals surface area contributed by atoms with Crippen LogP contribution < -0.4 is 10.1 Å². The fraction of sp³-hybridized carbons (Fsp3) is 0.0755. The second-order valence-corrected chi connectivity index (χ2v) is 15.1. The molecule has 0 unspecified atom stereocenters. The fourth-order valence-electron chi connectivity index (χ4n) is 8.58. The molecule has 10 heteroatoms. The Hall–Kier alpha value is -8.21. The minimum Gasteiger partial charge on any atom is -0.485 e. The average Bonchev–Trinajstić information content (AvgIpc) is 4.00. The highest BCUT2D eigenvalue weighted by Crippen LogP contribution is 2.44. The third-order valence-corrected chi connectivity index (χ3v) is 11.5. The van der Waals surface area contributed by atoms with E-state index >= 15 is 0 Å². The first kappa shape index (κ1) is 39.0. The lowest BCUT2D eigenvalue weighted by atomic mass is 9.77. The van der Waals surface area contributed by atoms with Crippen LogP contribution in [0.5, 0.6) is 5.75 Å². The number of rotatable bonds is 14. The van der Waals surface area contributed by atoms with Crippen molar-refractivity contribution in [3.8, 4) is 11.4 Å². The topological polar surface area (TPSA) is 116 Å². The Balaban J connectivity index is 1.23. The Morgan fingerprint density at radius 3 is 1.37 bits per heavy atom. The number of para-hydroxylation sites is 1. The van der Waals surface area contributed by atoms with Gasteiger partial charge < -0.3 is 15.2 Å². The van der Waals surface area contributed by atoms with Gasteiger partial charge in [0, 0.05) is 6.07 Å². The van der Waals surface area contributed by atoms with Crippen LogP contribution in [0, 0.1) is 0 Å². The van der Waals surface area contributed by atoms with Gasteiger partial charge in [-0.2, -0.15) is 9.90 Å². The molecule has 7 aromatic carbocycles. The van der Waals surface area contributed by atoms with E-state index in [9.17, 15) is 5.11 Å². The summed E-state index contributed by atoms with van der Waals surface area (Å²) in [6.07, 6.45) is 0. The molecule has 10 rings (SSSR count). The average molecular weight is 823 g/mol. The maximum absolute atomic E-state index is 10.4. The summed E-state index contributed by atoms with van der Waals surface area (Å²) in [5.41, 5.74) is 6.54. The molecule has 0 fully saturated rings. The van der Waals surface area contributed by atoms with Gasteiger partial charge in [-0.1, -0.05) is 205 Å². The van der Waals surface area contributed by atoms with Gasteiger partial charge in [0.05, 0.1) is 12.3 Å².